The average Bonchev–Trinajstić information content (AvgIpc) is 2.40. The zero-order valence-electron chi connectivity index (χ0n) is 9.46. The van der Waals surface area contributed by atoms with E-state index in [0.29, 0.717) is 10.2 Å². The van der Waals surface area contributed by atoms with Gasteiger partial charge in [0.25, 0.3) is 5.56 Å². The molecule has 3 nitrogen and oxygen atoms in total. The van der Waals surface area contributed by atoms with E-state index in [9.17, 15) is 4.79 Å². The van der Waals surface area contributed by atoms with E-state index in [0.717, 1.165) is 11.2 Å². The number of rotatable bonds is 1. The first-order valence-electron chi connectivity index (χ1n) is 5.57. The first kappa shape index (κ1) is 10.9. The van der Waals surface area contributed by atoms with Crippen LogP contribution in [0.1, 0.15) is 0 Å². The van der Waals surface area contributed by atoms with E-state index < -0.39 is 0 Å². The van der Waals surface area contributed by atoms with Crippen molar-refractivity contribution in [1.82, 2.24) is 9.55 Å². The van der Waals surface area contributed by atoms with Gasteiger partial charge in [-0.1, -0.05) is 30.3 Å². The summed E-state index contributed by atoms with van der Waals surface area (Å²) in [7, 11) is 0. The van der Waals surface area contributed by atoms with Gasteiger partial charge in [-0.05, 0) is 36.5 Å². The lowest BCUT2D eigenvalue weighted by Crippen LogP contribution is -2.20. The predicted molar refractivity (Wildman–Crippen MR) is 74.7 cm³/mol. The van der Waals surface area contributed by atoms with Crippen LogP contribution in [0.15, 0.2) is 59.4 Å². The molecule has 88 valence electrons. The lowest BCUT2D eigenvalue weighted by atomic mass is 10.2. The number of nitrogens with one attached hydrogen (secondary N) is 1. The molecule has 2 aromatic carbocycles. The smallest absolute Gasteiger partial charge is 0.266 e. The summed E-state index contributed by atoms with van der Waals surface area (Å²) >= 11 is 5.26. The molecule has 0 aliphatic carbocycles. The van der Waals surface area contributed by atoms with Crippen molar-refractivity contribution in [3.8, 4) is 5.69 Å². The Labute approximate surface area is 108 Å². The molecule has 0 saturated carbocycles. The quantitative estimate of drug-likeness (QED) is 0.678. The first-order valence-corrected chi connectivity index (χ1v) is 5.98. The van der Waals surface area contributed by atoms with Crippen molar-refractivity contribution in [3.63, 3.8) is 0 Å². The summed E-state index contributed by atoms with van der Waals surface area (Å²) in [5.41, 5.74) is 1.44. The lowest BCUT2D eigenvalue weighted by molar-refractivity contribution is 0.940. The molecule has 18 heavy (non-hydrogen) atoms. The highest BCUT2D eigenvalue weighted by atomic mass is 32.1. The molecular weight excluding hydrogens is 244 g/mol. The predicted octanol–water partition coefficient (Wildman–Crippen LogP) is 3.05. The molecule has 1 N–H and O–H groups in total. The van der Waals surface area contributed by atoms with Crippen molar-refractivity contribution < 1.29 is 0 Å². The number of aromatic nitrogens is 2. The zero-order valence-corrected chi connectivity index (χ0v) is 10.3. The Morgan fingerprint density at radius 3 is 2.39 bits per heavy atom. The maximum absolute atomic E-state index is 12.4. The summed E-state index contributed by atoms with van der Waals surface area (Å²) in [6, 6.07) is 16.7. The van der Waals surface area contributed by atoms with E-state index in [2.05, 4.69) is 4.98 Å². The molecule has 0 aliphatic heterocycles. The SMILES string of the molecule is O=c1c2ccccc2[nH]c(=S)n1-c1ccccc1. The number of hydrogen-bond donors (Lipinski definition) is 1. The third-order valence-corrected chi connectivity index (χ3v) is 3.10. The highest BCUT2D eigenvalue weighted by Gasteiger charge is 2.06. The molecule has 3 rings (SSSR count). The molecule has 0 unspecified atom stereocenters. The third-order valence-electron chi connectivity index (χ3n) is 2.82. The van der Waals surface area contributed by atoms with Crippen molar-refractivity contribution in [2.75, 3.05) is 0 Å². The van der Waals surface area contributed by atoms with Gasteiger partial charge in [0, 0.05) is 0 Å². The van der Waals surface area contributed by atoms with E-state index in [4.69, 9.17) is 12.2 Å². The highest BCUT2D eigenvalue weighted by Crippen LogP contribution is 2.10. The lowest BCUT2D eigenvalue weighted by Gasteiger charge is -2.07. The molecule has 3 aromatic rings. The van der Waals surface area contributed by atoms with Gasteiger partial charge in [-0.2, -0.15) is 0 Å². The standard InChI is InChI=1S/C14H10N2OS/c17-13-11-8-4-5-9-12(11)15-14(18)16(13)10-6-2-1-3-7-10/h1-9H,(H,15,18). The van der Waals surface area contributed by atoms with Crippen LogP contribution in [-0.4, -0.2) is 9.55 Å². The number of benzene rings is 2. The van der Waals surface area contributed by atoms with Crippen LogP contribution < -0.4 is 5.56 Å². The van der Waals surface area contributed by atoms with Crippen LogP contribution in [0.4, 0.5) is 0 Å². The van der Waals surface area contributed by atoms with Gasteiger partial charge in [0.1, 0.15) is 0 Å². The van der Waals surface area contributed by atoms with Gasteiger partial charge in [-0.25, -0.2) is 0 Å². The van der Waals surface area contributed by atoms with Gasteiger partial charge in [-0.15, -0.1) is 0 Å². The molecule has 4 heteroatoms. The highest BCUT2D eigenvalue weighted by molar-refractivity contribution is 7.71. The Morgan fingerprint density at radius 2 is 1.61 bits per heavy atom. The minimum absolute atomic E-state index is 0.0967. The van der Waals surface area contributed by atoms with Crippen LogP contribution in [0.2, 0.25) is 0 Å². The van der Waals surface area contributed by atoms with Crippen LogP contribution in [0, 0.1) is 4.77 Å². The monoisotopic (exact) mass is 254 g/mol. The molecule has 1 aromatic heterocycles. The number of para-hydroxylation sites is 2. The van der Waals surface area contributed by atoms with Crippen molar-refractivity contribution in [2.24, 2.45) is 0 Å². The van der Waals surface area contributed by atoms with Crippen molar-refractivity contribution in [1.29, 1.82) is 0 Å². The zero-order chi connectivity index (χ0) is 12.5. The van der Waals surface area contributed by atoms with E-state index >= 15 is 0 Å². The van der Waals surface area contributed by atoms with Crippen LogP contribution in [0.5, 0.6) is 0 Å². The van der Waals surface area contributed by atoms with Crippen LogP contribution >= 0.6 is 12.2 Å². The summed E-state index contributed by atoms with van der Waals surface area (Å²) in [4.78, 5) is 15.5. The topological polar surface area (TPSA) is 37.8 Å². The minimum Gasteiger partial charge on any atom is -0.331 e. The Hall–Kier alpha value is -2.20. The number of aromatic amines is 1. The fourth-order valence-electron chi connectivity index (χ4n) is 1.97. The van der Waals surface area contributed by atoms with Gasteiger partial charge in [0.05, 0.1) is 16.6 Å². The number of nitrogens with zero attached hydrogens (tertiary/aromatic N) is 1. The van der Waals surface area contributed by atoms with Gasteiger partial charge in [0.15, 0.2) is 4.77 Å². The molecular formula is C14H10N2OS. The van der Waals surface area contributed by atoms with E-state index in [1.165, 1.54) is 4.57 Å². The molecule has 0 spiro atoms. The molecule has 0 radical (unpaired) electrons. The summed E-state index contributed by atoms with van der Waals surface area (Å²) in [5, 5.41) is 0.634. The Kier molecular flexibility index (Phi) is 2.57. The molecule has 0 atom stereocenters. The maximum Gasteiger partial charge on any atom is 0.266 e. The largest absolute Gasteiger partial charge is 0.331 e. The average molecular weight is 254 g/mol. The van der Waals surface area contributed by atoms with E-state index in [1.807, 2.05) is 48.5 Å². The normalized spacial score (nSPS) is 10.7. The molecule has 0 fully saturated rings. The van der Waals surface area contributed by atoms with Crippen LogP contribution in [-0.2, 0) is 0 Å². The number of H-pyrrole nitrogens is 1. The Bertz CT molecular complexity index is 818. The molecule has 0 saturated heterocycles. The minimum atomic E-state index is -0.0967. The second-order valence-electron chi connectivity index (χ2n) is 3.95. The van der Waals surface area contributed by atoms with E-state index in [1.54, 1.807) is 6.07 Å². The van der Waals surface area contributed by atoms with Crippen LogP contribution in [0.3, 0.4) is 0 Å². The Balaban J connectivity index is 2.45. The molecule has 0 aliphatic rings. The van der Waals surface area contributed by atoms with Gasteiger partial charge in [0.2, 0.25) is 0 Å². The summed E-state index contributed by atoms with van der Waals surface area (Å²) in [6.45, 7) is 0. The second kappa shape index (κ2) is 4.23. The molecule has 0 bridgehead atoms. The molecule has 0 amide bonds. The van der Waals surface area contributed by atoms with Crippen molar-refractivity contribution >= 4 is 23.1 Å². The van der Waals surface area contributed by atoms with Crippen molar-refractivity contribution in [3.05, 3.63) is 69.7 Å². The summed E-state index contributed by atoms with van der Waals surface area (Å²) in [6.07, 6.45) is 0. The fourth-order valence-corrected chi connectivity index (χ4v) is 2.27. The van der Waals surface area contributed by atoms with Gasteiger partial charge in [-0.3, -0.25) is 9.36 Å². The van der Waals surface area contributed by atoms with Gasteiger partial charge < -0.3 is 4.98 Å². The second-order valence-corrected chi connectivity index (χ2v) is 4.34. The first-order chi connectivity index (χ1) is 8.77. The summed E-state index contributed by atoms with van der Waals surface area (Å²) in [5.74, 6) is 0. The Morgan fingerprint density at radius 1 is 0.944 bits per heavy atom. The summed E-state index contributed by atoms with van der Waals surface area (Å²) < 4.78 is 1.92. The molecule has 1 heterocycles. The number of fused-ring (bicyclic) bond motifs is 1. The van der Waals surface area contributed by atoms with Crippen LogP contribution in [0.25, 0.3) is 16.6 Å². The number of hydrogen-bond acceptors (Lipinski definition) is 2. The van der Waals surface area contributed by atoms with Gasteiger partial charge >= 0.3 is 0 Å². The third kappa shape index (κ3) is 1.67. The van der Waals surface area contributed by atoms with E-state index in [-0.39, 0.29) is 5.56 Å². The fraction of sp³-hybridized carbons (Fsp3) is 0. The van der Waals surface area contributed by atoms with Crippen molar-refractivity contribution in [2.45, 2.75) is 0 Å². The maximum atomic E-state index is 12.4.